The molecule has 4 aromatic rings. The Balaban J connectivity index is 1.42. The van der Waals surface area contributed by atoms with Gasteiger partial charge in [0.25, 0.3) is 0 Å². The van der Waals surface area contributed by atoms with Crippen LogP contribution in [0.25, 0.3) is 0 Å². The third-order valence-corrected chi connectivity index (χ3v) is 6.16. The molecule has 0 saturated carbocycles. The van der Waals surface area contributed by atoms with Gasteiger partial charge < -0.3 is 10.5 Å². The first kappa shape index (κ1) is 25.1. The van der Waals surface area contributed by atoms with Gasteiger partial charge in [-0.25, -0.2) is 0 Å². The van der Waals surface area contributed by atoms with Crippen LogP contribution in [-0.4, -0.2) is 35.5 Å². The van der Waals surface area contributed by atoms with Crippen LogP contribution in [0.15, 0.2) is 109 Å². The Bertz CT molecular complexity index is 1140. The van der Waals surface area contributed by atoms with E-state index in [0.29, 0.717) is 6.61 Å². The molecular weight excluding hydrogens is 446 g/mol. The second-order valence-corrected chi connectivity index (χ2v) is 8.96. The summed E-state index contributed by atoms with van der Waals surface area (Å²) in [6.45, 7) is 3.22. The van der Waals surface area contributed by atoms with Crippen molar-refractivity contribution < 1.29 is 9.53 Å². The summed E-state index contributed by atoms with van der Waals surface area (Å²) in [4.78, 5) is 17.9. The average Bonchev–Trinajstić information content (AvgIpc) is 2.91. The molecule has 0 aliphatic heterocycles. The third-order valence-electron chi connectivity index (χ3n) is 6.16. The first-order valence-corrected chi connectivity index (χ1v) is 12.4. The monoisotopic (exact) mass is 479 g/mol. The van der Waals surface area contributed by atoms with E-state index in [2.05, 4.69) is 76.6 Å². The van der Waals surface area contributed by atoms with Crippen LogP contribution >= 0.6 is 0 Å². The Hall–Kier alpha value is -3.96. The van der Waals surface area contributed by atoms with E-state index in [1.807, 2.05) is 42.7 Å². The average molecular weight is 480 g/mol. The summed E-state index contributed by atoms with van der Waals surface area (Å²) in [5.41, 5.74) is 9.99. The van der Waals surface area contributed by atoms with Gasteiger partial charge in [0.05, 0.1) is 13.0 Å². The minimum atomic E-state index is -0.332. The van der Waals surface area contributed by atoms with E-state index in [1.54, 1.807) is 0 Å². The smallest absolute Gasteiger partial charge is 0.221 e. The Kier molecular flexibility index (Phi) is 9.23. The highest BCUT2D eigenvalue weighted by Gasteiger charge is 2.18. The summed E-state index contributed by atoms with van der Waals surface area (Å²) in [5, 5.41) is 0. The second-order valence-electron chi connectivity index (χ2n) is 8.96. The SMILES string of the molecule is NC(=O)Cc1ccc(OCCCN(Cc2cccnc2)CC(c2ccccc2)c2ccccc2)cc1. The van der Waals surface area contributed by atoms with Crippen LogP contribution < -0.4 is 10.5 Å². The fourth-order valence-electron chi connectivity index (χ4n) is 4.40. The number of hydrogen-bond acceptors (Lipinski definition) is 4. The quantitative estimate of drug-likeness (QED) is 0.267. The molecule has 0 unspecified atom stereocenters. The molecule has 0 bridgehead atoms. The number of ether oxygens (including phenoxy) is 1. The third kappa shape index (κ3) is 7.79. The molecule has 36 heavy (non-hydrogen) atoms. The Morgan fingerprint density at radius 1 is 0.833 bits per heavy atom. The van der Waals surface area contributed by atoms with Crippen LogP contribution in [0.5, 0.6) is 5.75 Å². The van der Waals surface area contributed by atoms with E-state index >= 15 is 0 Å². The molecule has 0 atom stereocenters. The molecule has 1 aromatic heterocycles. The molecule has 1 heterocycles. The van der Waals surface area contributed by atoms with Gasteiger partial charge in [0.15, 0.2) is 0 Å². The number of amides is 1. The highest BCUT2D eigenvalue weighted by atomic mass is 16.5. The van der Waals surface area contributed by atoms with Gasteiger partial charge in [-0.1, -0.05) is 78.9 Å². The van der Waals surface area contributed by atoms with Crippen molar-refractivity contribution in [1.29, 1.82) is 0 Å². The maximum Gasteiger partial charge on any atom is 0.221 e. The van der Waals surface area contributed by atoms with Gasteiger partial charge >= 0.3 is 0 Å². The molecule has 5 heteroatoms. The highest BCUT2D eigenvalue weighted by Crippen LogP contribution is 2.26. The van der Waals surface area contributed by atoms with Crippen LogP contribution in [-0.2, 0) is 17.8 Å². The second kappa shape index (κ2) is 13.2. The molecule has 0 aliphatic rings. The van der Waals surface area contributed by atoms with Crippen LogP contribution in [0.4, 0.5) is 0 Å². The molecular formula is C31H33N3O2. The maximum absolute atomic E-state index is 11.1. The number of aromatic nitrogens is 1. The van der Waals surface area contributed by atoms with Gasteiger partial charge in [-0.2, -0.15) is 0 Å². The molecule has 2 N–H and O–H groups in total. The zero-order chi connectivity index (χ0) is 25.0. The number of nitrogens with zero attached hydrogens (tertiary/aromatic N) is 2. The number of benzene rings is 3. The van der Waals surface area contributed by atoms with Gasteiger partial charge in [-0.3, -0.25) is 14.7 Å². The number of hydrogen-bond donors (Lipinski definition) is 1. The predicted octanol–water partition coefficient (Wildman–Crippen LogP) is 5.21. The first-order valence-electron chi connectivity index (χ1n) is 12.4. The normalized spacial score (nSPS) is 11.1. The molecule has 3 aromatic carbocycles. The Morgan fingerprint density at radius 3 is 2.08 bits per heavy atom. The van der Waals surface area contributed by atoms with Gasteiger partial charge in [0.2, 0.25) is 5.91 Å². The van der Waals surface area contributed by atoms with Crippen LogP contribution in [0.1, 0.15) is 34.6 Å². The molecule has 0 aliphatic carbocycles. The topological polar surface area (TPSA) is 68.5 Å². The zero-order valence-corrected chi connectivity index (χ0v) is 20.5. The number of primary amides is 1. The van der Waals surface area contributed by atoms with E-state index < -0.39 is 0 Å². The molecule has 0 spiro atoms. The summed E-state index contributed by atoms with van der Waals surface area (Å²) < 4.78 is 5.99. The van der Waals surface area contributed by atoms with E-state index in [-0.39, 0.29) is 18.2 Å². The number of carbonyl (C=O) groups is 1. The van der Waals surface area contributed by atoms with Gasteiger partial charge in [-0.05, 0) is 46.9 Å². The van der Waals surface area contributed by atoms with Gasteiger partial charge in [-0.15, -0.1) is 0 Å². The van der Waals surface area contributed by atoms with Gasteiger partial charge in [0.1, 0.15) is 5.75 Å². The van der Waals surface area contributed by atoms with Gasteiger partial charge in [0, 0.05) is 37.9 Å². The summed E-state index contributed by atoms with van der Waals surface area (Å²) in [6, 6.07) is 33.1. The Labute approximate surface area is 213 Å². The van der Waals surface area contributed by atoms with Crippen molar-refractivity contribution in [3.05, 3.63) is 132 Å². The minimum Gasteiger partial charge on any atom is -0.494 e. The van der Waals surface area contributed by atoms with Crippen molar-refractivity contribution in [1.82, 2.24) is 9.88 Å². The fourth-order valence-corrected chi connectivity index (χ4v) is 4.40. The summed E-state index contributed by atoms with van der Waals surface area (Å²) >= 11 is 0. The first-order chi connectivity index (χ1) is 17.7. The van der Waals surface area contributed by atoms with Crippen molar-refractivity contribution in [2.45, 2.75) is 25.3 Å². The lowest BCUT2D eigenvalue weighted by Crippen LogP contribution is -2.30. The van der Waals surface area contributed by atoms with Crippen molar-refractivity contribution in [2.24, 2.45) is 5.73 Å². The lowest BCUT2D eigenvalue weighted by Gasteiger charge is -2.28. The van der Waals surface area contributed by atoms with Crippen molar-refractivity contribution >= 4 is 5.91 Å². The predicted molar refractivity (Wildman–Crippen MR) is 144 cm³/mol. The summed E-state index contributed by atoms with van der Waals surface area (Å²) in [7, 11) is 0. The molecule has 0 radical (unpaired) electrons. The van der Waals surface area contributed by atoms with Crippen LogP contribution in [0, 0.1) is 0 Å². The maximum atomic E-state index is 11.1. The van der Waals surface area contributed by atoms with E-state index in [4.69, 9.17) is 10.5 Å². The van der Waals surface area contributed by atoms with Crippen LogP contribution in [0.2, 0.25) is 0 Å². The molecule has 0 saturated heterocycles. The Morgan fingerprint density at radius 2 is 1.50 bits per heavy atom. The molecule has 5 nitrogen and oxygen atoms in total. The zero-order valence-electron chi connectivity index (χ0n) is 20.5. The minimum absolute atomic E-state index is 0.244. The standard InChI is InChI=1S/C31H33N3O2/c32-31(35)21-25-14-16-29(17-15-25)36-20-8-19-34(23-26-9-7-18-33-22-26)24-30(27-10-3-1-4-11-27)28-12-5-2-6-13-28/h1-7,9-18,22,30H,8,19-21,23-24H2,(H2,32,35). The number of carbonyl (C=O) groups excluding carboxylic acids is 1. The van der Waals surface area contributed by atoms with Crippen molar-refractivity contribution in [3.63, 3.8) is 0 Å². The van der Waals surface area contributed by atoms with E-state index in [1.165, 1.54) is 16.7 Å². The highest BCUT2D eigenvalue weighted by molar-refractivity contribution is 5.76. The molecule has 4 rings (SSSR count). The van der Waals surface area contributed by atoms with E-state index in [0.717, 1.165) is 37.4 Å². The lowest BCUT2D eigenvalue weighted by atomic mass is 9.90. The summed E-state index contributed by atoms with van der Waals surface area (Å²) in [5.74, 6) is 0.734. The molecule has 184 valence electrons. The molecule has 1 amide bonds. The number of nitrogens with two attached hydrogens (primary N) is 1. The number of pyridine rings is 1. The molecule has 0 fully saturated rings. The number of rotatable bonds is 13. The summed E-state index contributed by atoms with van der Waals surface area (Å²) in [6.07, 6.45) is 4.89. The fraction of sp³-hybridized carbons (Fsp3) is 0.226. The lowest BCUT2D eigenvalue weighted by molar-refractivity contribution is -0.117. The van der Waals surface area contributed by atoms with Crippen molar-refractivity contribution in [2.75, 3.05) is 19.7 Å². The van der Waals surface area contributed by atoms with E-state index in [9.17, 15) is 4.79 Å². The largest absolute Gasteiger partial charge is 0.494 e. The van der Waals surface area contributed by atoms with Crippen molar-refractivity contribution in [3.8, 4) is 5.75 Å². The van der Waals surface area contributed by atoms with Crippen LogP contribution in [0.3, 0.4) is 0 Å².